The van der Waals surface area contributed by atoms with Crippen LogP contribution in [0.4, 0.5) is 79.6 Å². The number of hydrogen-bond acceptors (Lipinski definition) is 10. The summed E-state index contributed by atoms with van der Waals surface area (Å²) in [6.07, 6.45) is 1.69. The molecule has 9 aromatic rings. The van der Waals surface area contributed by atoms with Gasteiger partial charge >= 0.3 is 0 Å². The van der Waals surface area contributed by atoms with Crippen molar-refractivity contribution in [2.75, 3.05) is 79.9 Å². The first-order valence-corrected chi connectivity index (χ1v) is 28.8. The van der Waals surface area contributed by atoms with E-state index in [1.165, 1.54) is 50.0 Å². The second-order valence-corrected chi connectivity index (χ2v) is 24.2. The van der Waals surface area contributed by atoms with E-state index in [1.807, 2.05) is 53.4 Å². The largest absolute Gasteiger partial charge is 0.457 e. The first-order valence-electron chi connectivity index (χ1n) is 30.3. The summed E-state index contributed by atoms with van der Waals surface area (Å²) in [7, 11) is 2.14. The van der Waals surface area contributed by atoms with Crippen LogP contribution in [0.3, 0.4) is 0 Å². The SMILES string of the molecule is [2H]C([2H])([2H])N1CN(c2cccc(Oc3cc(N4CN(c5cc(CC)c(N6CN(c7cc(Oc8cccc(N9CN(C)c%10ccccc%109)c8)cc(C(C)(C)C)c7)c7ccccc76)cc5CC)c5ccccc54)cc(C(C)(C)C)c3)c2)c2ccccc21. The molecular weight excluding hydrogens is 1010 g/mol. The van der Waals surface area contributed by atoms with Crippen LogP contribution >= 0.6 is 0 Å². The van der Waals surface area contributed by atoms with Gasteiger partial charge in [0.25, 0.3) is 0 Å². The molecule has 0 atom stereocenters. The minimum absolute atomic E-state index is 0.139. The molecule has 4 heterocycles. The van der Waals surface area contributed by atoms with Crippen LogP contribution < -0.4 is 48.7 Å². The number of nitrogens with zero attached hydrogens (tertiary/aromatic N) is 8. The third-order valence-corrected chi connectivity index (χ3v) is 16.7. The van der Waals surface area contributed by atoms with Gasteiger partial charge in [-0.3, -0.25) is 0 Å². The predicted molar refractivity (Wildman–Crippen MR) is 343 cm³/mol. The Kier molecular flexibility index (Phi) is 12.2. The Balaban J connectivity index is 0.804. The lowest BCUT2D eigenvalue weighted by Gasteiger charge is -2.29. The quantitative estimate of drug-likeness (QED) is 0.118. The van der Waals surface area contributed by atoms with Crippen LogP contribution in [0.2, 0.25) is 0 Å². The molecule has 10 nitrogen and oxygen atoms in total. The van der Waals surface area contributed by atoms with Gasteiger partial charge in [-0.25, -0.2) is 0 Å². The molecule has 13 rings (SSSR count). The molecule has 0 unspecified atom stereocenters. The standard InChI is InChI=1S/C72H74N8O2/c1-11-49-35-70(80-48-78(66-32-18-20-34-68(66)80)56-38-52(72(6,7)8)40-60(44-56)82-58-26-22-24-54(42-58)76-46-74(10)62-28-14-16-30-64(62)76)50(12-2)36-69(49)79-47-77(65-31-17-19-33-67(65)79)55-37-51(71(3,4)5)39-59(43-55)81-57-25-21-23-53(41-57)75-45-73(9)61-27-13-15-29-63(61)75/h13-44H,11-12,45-48H2,1-10H3/i9D3. The van der Waals surface area contributed by atoms with Crippen molar-refractivity contribution >= 4 is 79.6 Å². The lowest BCUT2D eigenvalue weighted by Crippen LogP contribution is -2.27. The predicted octanol–water partition coefficient (Wildman–Crippen LogP) is 18.6. The van der Waals surface area contributed by atoms with Crippen molar-refractivity contribution in [3.8, 4) is 23.0 Å². The number of rotatable bonds is 12. The molecule has 9 aromatic carbocycles. The average Bonchev–Trinajstić information content (AvgIpc) is 2.47. The molecule has 10 heteroatoms. The van der Waals surface area contributed by atoms with Gasteiger partial charge in [0.05, 0.1) is 58.8 Å². The minimum Gasteiger partial charge on any atom is -0.457 e. The summed E-state index contributed by atoms with van der Waals surface area (Å²) in [5, 5.41) is 0. The Morgan fingerprint density at radius 1 is 0.341 bits per heavy atom. The third kappa shape index (κ3) is 9.53. The third-order valence-electron chi connectivity index (χ3n) is 16.7. The lowest BCUT2D eigenvalue weighted by atomic mass is 9.86. The Bertz CT molecular complexity index is 4020. The number of fused-ring (bicyclic) bond motifs is 4. The summed E-state index contributed by atoms with van der Waals surface area (Å²) in [5.41, 5.74) is 19.6. The Hall–Kier alpha value is -9.02. The summed E-state index contributed by atoms with van der Waals surface area (Å²) in [6.45, 7) is 18.0. The van der Waals surface area contributed by atoms with Gasteiger partial charge in [0.1, 0.15) is 36.3 Å². The maximum atomic E-state index is 8.28. The summed E-state index contributed by atoms with van der Waals surface area (Å²) in [4.78, 5) is 18.0. The highest BCUT2D eigenvalue weighted by atomic mass is 16.5. The van der Waals surface area contributed by atoms with Crippen LogP contribution in [-0.2, 0) is 23.7 Å². The van der Waals surface area contributed by atoms with E-state index >= 15 is 0 Å². The maximum absolute atomic E-state index is 8.28. The van der Waals surface area contributed by atoms with E-state index in [-0.39, 0.29) is 17.5 Å². The first-order chi connectivity index (χ1) is 40.8. The highest BCUT2D eigenvalue weighted by molar-refractivity contribution is 5.92. The fourth-order valence-corrected chi connectivity index (χ4v) is 12.2. The molecule has 414 valence electrons. The summed E-state index contributed by atoms with van der Waals surface area (Å²) < 4.78 is 38.6. The Morgan fingerprint density at radius 2 is 0.683 bits per heavy atom. The van der Waals surface area contributed by atoms with Crippen molar-refractivity contribution in [3.63, 3.8) is 0 Å². The number of para-hydroxylation sites is 8. The van der Waals surface area contributed by atoms with E-state index in [0.717, 1.165) is 87.8 Å². The van der Waals surface area contributed by atoms with Crippen molar-refractivity contribution in [2.45, 2.75) is 79.1 Å². The fourth-order valence-electron chi connectivity index (χ4n) is 12.2. The summed E-state index contributed by atoms with van der Waals surface area (Å²) in [5.74, 6) is 2.99. The number of hydrogen-bond donors (Lipinski definition) is 0. The summed E-state index contributed by atoms with van der Waals surface area (Å²) >= 11 is 0. The van der Waals surface area contributed by atoms with Gasteiger partial charge in [-0.1, -0.05) is 116 Å². The molecule has 0 fully saturated rings. The van der Waals surface area contributed by atoms with Crippen LogP contribution in [0.5, 0.6) is 23.0 Å². The normalized spacial score (nSPS) is 15.4. The molecule has 0 saturated heterocycles. The van der Waals surface area contributed by atoms with Gasteiger partial charge in [-0.05, 0) is 155 Å². The van der Waals surface area contributed by atoms with Gasteiger partial charge in [-0.2, -0.15) is 0 Å². The van der Waals surface area contributed by atoms with Gasteiger partial charge in [0.15, 0.2) is 0 Å². The molecule has 0 saturated carbocycles. The molecule has 4 aliphatic heterocycles. The van der Waals surface area contributed by atoms with Crippen molar-refractivity contribution in [1.82, 2.24) is 0 Å². The number of ether oxygens (including phenoxy) is 2. The number of anilines is 14. The van der Waals surface area contributed by atoms with E-state index < -0.39 is 6.98 Å². The van der Waals surface area contributed by atoms with Crippen LogP contribution in [0.15, 0.2) is 194 Å². The molecule has 0 aromatic heterocycles. The zero-order chi connectivity index (χ0) is 59.1. The zero-order valence-corrected chi connectivity index (χ0v) is 48.6. The topological polar surface area (TPSA) is 44.4 Å². The molecule has 0 amide bonds. The highest BCUT2D eigenvalue weighted by Gasteiger charge is 2.35. The van der Waals surface area contributed by atoms with Gasteiger partial charge < -0.3 is 48.7 Å². The second kappa shape index (κ2) is 20.5. The highest BCUT2D eigenvalue weighted by Crippen LogP contribution is 2.52. The smallest absolute Gasteiger partial charge is 0.129 e. The van der Waals surface area contributed by atoms with E-state index in [4.69, 9.17) is 13.6 Å². The van der Waals surface area contributed by atoms with E-state index in [2.05, 4.69) is 237 Å². The first kappa shape index (κ1) is 48.8. The van der Waals surface area contributed by atoms with Gasteiger partial charge in [0.2, 0.25) is 0 Å². The van der Waals surface area contributed by atoms with Crippen LogP contribution in [-0.4, -0.2) is 40.7 Å². The molecule has 0 N–H and O–H groups in total. The molecule has 82 heavy (non-hydrogen) atoms. The molecule has 4 aliphatic rings. The maximum Gasteiger partial charge on any atom is 0.129 e. The van der Waals surface area contributed by atoms with Crippen molar-refractivity contribution in [1.29, 1.82) is 0 Å². The van der Waals surface area contributed by atoms with Crippen LogP contribution in [0.1, 0.15) is 81.8 Å². The van der Waals surface area contributed by atoms with Crippen molar-refractivity contribution < 1.29 is 13.6 Å². The monoisotopic (exact) mass is 1090 g/mol. The van der Waals surface area contributed by atoms with Crippen LogP contribution in [0, 0.1) is 0 Å². The fraction of sp³-hybridized carbons (Fsp3) is 0.250. The summed E-state index contributed by atoms with van der Waals surface area (Å²) in [6, 6.07) is 68.5. The molecule has 0 spiro atoms. The van der Waals surface area contributed by atoms with Gasteiger partial charge in [-0.15, -0.1) is 0 Å². The van der Waals surface area contributed by atoms with Crippen molar-refractivity contribution in [2.24, 2.45) is 0 Å². The molecule has 0 aliphatic carbocycles. The van der Waals surface area contributed by atoms with E-state index in [1.54, 1.807) is 0 Å². The average molecular weight is 1090 g/mol. The van der Waals surface area contributed by atoms with E-state index in [9.17, 15) is 0 Å². The lowest BCUT2D eigenvalue weighted by molar-refractivity contribution is 0.478. The van der Waals surface area contributed by atoms with Crippen molar-refractivity contribution in [3.05, 3.63) is 216 Å². The Labute approximate surface area is 489 Å². The zero-order valence-electron chi connectivity index (χ0n) is 51.6. The molecule has 0 bridgehead atoms. The Morgan fingerprint density at radius 3 is 1.07 bits per heavy atom. The van der Waals surface area contributed by atoms with E-state index in [0.29, 0.717) is 24.8 Å². The molecular formula is C72H74N8O2. The minimum atomic E-state index is -2.28. The number of benzene rings is 9. The molecule has 0 radical (unpaired) electrons. The number of aryl methyl sites for hydroxylation is 2. The van der Waals surface area contributed by atoms with Crippen LogP contribution in [0.25, 0.3) is 0 Å². The second-order valence-electron chi connectivity index (χ2n) is 24.2. The van der Waals surface area contributed by atoms with Gasteiger partial charge in [0, 0.05) is 76.5 Å².